The standard InChI is InChI=1S/C27H21FN4O6S/c1-30-27(33)25-21-11-20(16-3-4-16)23(12-24(21)38-26(25)17-5-7-19(28)8-6-17)31(39(36)37)14-15-2-9-22(32(34)35)18(10-15)13-29/h2,5-12,16,39H,3-4,14H2,1H3,(H,30,33). The number of furan rings is 1. The van der Waals surface area contributed by atoms with Crippen LogP contribution in [0.2, 0.25) is 0 Å². The predicted molar refractivity (Wildman–Crippen MR) is 141 cm³/mol. The van der Waals surface area contributed by atoms with Crippen LogP contribution in [-0.2, 0) is 17.4 Å². The van der Waals surface area contributed by atoms with E-state index in [1.54, 1.807) is 18.2 Å². The molecule has 0 saturated heterocycles. The third-order valence-corrected chi connectivity index (χ3v) is 7.35. The summed E-state index contributed by atoms with van der Waals surface area (Å²) in [6.45, 7) is -0.176. The monoisotopic (exact) mass is 548 g/mol. The van der Waals surface area contributed by atoms with Crippen molar-refractivity contribution in [3.05, 3.63) is 92.8 Å². The van der Waals surface area contributed by atoms with Gasteiger partial charge in [0.2, 0.25) is 10.9 Å². The number of halogens is 1. The van der Waals surface area contributed by atoms with E-state index in [0.717, 1.165) is 17.1 Å². The average molecular weight is 549 g/mol. The largest absolute Gasteiger partial charge is 0.455 e. The highest BCUT2D eigenvalue weighted by molar-refractivity contribution is 7.74. The molecule has 10 nitrogen and oxygen atoms in total. The summed E-state index contributed by atoms with van der Waals surface area (Å²) in [6.07, 6.45) is 1.66. The van der Waals surface area contributed by atoms with E-state index in [1.807, 2.05) is 0 Å². The fourth-order valence-electron chi connectivity index (χ4n) is 4.58. The number of carbonyl (C=O) groups is 1. The number of nitro groups is 1. The first-order chi connectivity index (χ1) is 18.7. The summed E-state index contributed by atoms with van der Waals surface area (Å²) < 4.78 is 45.8. The average Bonchev–Trinajstić information content (AvgIpc) is 3.71. The van der Waals surface area contributed by atoms with E-state index in [-0.39, 0.29) is 40.6 Å². The van der Waals surface area contributed by atoms with Crippen molar-refractivity contribution in [1.82, 2.24) is 5.32 Å². The molecule has 0 unspecified atom stereocenters. The highest BCUT2D eigenvalue weighted by Gasteiger charge is 2.32. The van der Waals surface area contributed by atoms with Crippen molar-refractivity contribution in [1.29, 1.82) is 5.26 Å². The van der Waals surface area contributed by atoms with Crippen molar-refractivity contribution in [2.24, 2.45) is 0 Å². The molecular formula is C27H21FN4O6S. The number of amides is 1. The molecule has 198 valence electrons. The van der Waals surface area contributed by atoms with Crippen LogP contribution in [0.1, 0.15) is 45.8 Å². The molecular weight excluding hydrogens is 527 g/mol. The summed E-state index contributed by atoms with van der Waals surface area (Å²) >= 11 is 0. The molecule has 1 aliphatic carbocycles. The van der Waals surface area contributed by atoms with Gasteiger partial charge in [0, 0.05) is 30.1 Å². The van der Waals surface area contributed by atoms with Gasteiger partial charge < -0.3 is 9.73 Å². The highest BCUT2D eigenvalue weighted by atomic mass is 32.2. The normalized spacial score (nSPS) is 12.9. The minimum Gasteiger partial charge on any atom is -0.455 e. The molecule has 0 aliphatic heterocycles. The fraction of sp³-hybridized carbons (Fsp3) is 0.185. The van der Waals surface area contributed by atoms with Crippen LogP contribution < -0.4 is 9.62 Å². The second-order valence-corrected chi connectivity index (χ2v) is 10.0. The summed E-state index contributed by atoms with van der Waals surface area (Å²) in [6, 6.07) is 14.5. The number of hydrogen-bond donors (Lipinski definition) is 2. The second-order valence-electron chi connectivity index (χ2n) is 9.09. The molecule has 1 aromatic heterocycles. The molecule has 0 atom stereocenters. The van der Waals surface area contributed by atoms with Gasteiger partial charge in [0.1, 0.15) is 28.8 Å². The van der Waals surface area contributed by atoms with Crippen molar-refractivity contribution < 1.29 is 26.9 Å². The van der Waals surface area contributed by atoms with Crippen molar-refractivity contribution >= 4 is 39.1 Å². The molecule has 1 heterocycles. The van der Waals surface area contributed by atoms with Crippen LogP contribution in [0.15, 0.2) is 59.0 Å². The number of nitro benzene ring substituents is 1. The molecule has 12 heteroatoms. The van der Waals surface area contributed by atoms with E-state index >= 15 is 0 Å². The Balaban J connectivity index is 1.67. The smallest absolute Gasteiger partial charge is 0.287 e. The quantitative estimate of drug-likeness (QED) is 0.183. The molecule has 1 amide bonds. The number of benzene rings is 3. The summed E-state index contributed by atoms with van der Waals surface area (Å²) in [5.41, 5.74) is 1.88. The third-order valence-electron chi connectivity index (χ3n) is 6.60. The lowest BCUT2D eigenvalue weighted by Crippen LogP contribution is -2.22. The SMILES string of the molecule is CNC(=O)c1c(-c2ccc(F)cc2)oc2cc(N(Cc3ccc([N+](=O)[O-])c(C#N)c3)[SH](=O)=O)c(C3CC3)cc12. The maximum absolute atomic E-state index is 13.6. The van der Waals surface area contributed by atoms with Gasteiger partial charge in [-0.3, -0.25) is 19.2 Å². The Kier molecular flexibility index (Phi) is 6.76. The van der Waals surface area contributed by atoms with E-state index in [1.165, 1.54) is 49.5 Å². The molecule has 0 spiro atoms. The molecule has 0 bridgehead atoms. The first-order valence-corrected chi connectivity index (χ1v) is 13.0. The molecule has 0 radical (unpaired) electrons. The molecule has 5 rings (SSSR count). The molecule has 39 heavy (non-hydrogen) atoms. The van der Waals surface area contributed by atoms with Gasteiger partial charge in [-0.05, 0) is 66.3 Å². The van der Waals surface area contributed by atoms with E-state index in [0.29, 0.717) is 27.8 Å². The van der Waals surface area contributed by atoms with Gasteiger partial charge in [-0.2, -0.15) is 5.26 Å². The van der Waals surface area contributed by atoms with Gasteiger partial charge >= 0.3 is 0 Å². The summed E-state index contributed by atoms with van der Waals surface area (Å²) in [5, 5.41) is 23.6. The molecule has 1 aliphatic rings. The van der Waals surface area contributed by atoms with Crippen LogP contribution in [0.25, 0.3) is 22.3 Å². The molecule has 3 aromatic carbocycles. The predicted octanol–water partition coefficient (Wildman–Crippen LogP) is 4.79. The van der Waals surface area contributed by atoms with E-state index in [9.17, 15) is 33.0 Å². The zero-order valence-corrected chi connectivity index (χ0v) is 21.4. The van der Waals surface area contributed by atoms with Gasteiger partial charge in [0.05, 0.1) is 22.7 Å². The number of nitriles is 1. The van der Waals surface area contributed by atoms with Crippen LogP contribution in [-0.4, -0.2) is 26.3 Å². The number of fused-ring (bicyclic) bond motifs is 1. The Bertz CT molecular complexity index is 1740. The van der Waals surface area contributed by atoms with Crippen molar-refractivity contribution in [2.75, 3.05) is 11.4 Å². The van der Waals surface area contributed by atoms with Gasteiger partial charge in [-0.15, -0.1) is 0 Å². The maximum Gasteiger partial charge on any atom is 0.287 e. The topological polar surface area (TPSA) is 147 Å². The zero-order valence-electron chi connectivity index (χ0n) is 20.5. The van der Waals surface area contributed by atoms with Crippen LogP contribution >= 0.6 is 0 Å². The molecule has 1 fully saturated rings. The lowest BCUT2D eigenvalue weighted by molar-refractivity contribution is -0.385. The Morgan fingerprint density at radius 3 is 2.51 bits per heavy atom. The van der Waals surface area contributed by atoms with E-state index in [4.69, 9.17) is 4.42 Å². The Morgan fingerprint density at radius 2 is 1.92 bits per heavy atom. The highest BCUT2D eigenvalue weighted by Crippen LogP contribution is 2.48. The van der Waals surface area contributed by atoms with Gasteiger partial charge in [-0.1, -0.05) is 6.07 Å². The van der Waals surface area contributed by atoms with Crippen LogP contribution in [0.3, 0.4) is 0 Å². The summed E-state index contributed by atoms with van der Waals surface area (Å²) in [4.78, 5) is 23.5. The van der Waals surface area contributed by atoms with Gasteiger partial charge in [0.15, 0.2) is 0 Å². The van der Waals surface area contributed by atoms with Gasteiger partial charge in [-0.25, -0.2) is 12.8 Å². The second kappa shape index (κ2) is 10.2. The molecule has 4 aromatic rings. The van der Waals surface area contributed by atoms with E-state index < -0.39 is 27.5 Å². The first kappa shape index (κ1) is 25.9. The first-order valence-electron chi connectivity index (χ1n) is 11.9. The number of carbonyl (C=O) groups excluding carboxylic acids is 1. The summed E-state index contributed by atoms with van der Waals surface area (Å²) in [7, 11) is -1.69. The van der Waals surface area contributed by atoms with Crippen molar-refractivity contribution in [3.63, 3.8) is 0 Å². The number of rotatable bonds is 8. The number of nitrogens with one attached hydrogen (secondary N) is 1. The number of hydrogen-bond acceptors (Lipinski definition) is 7. The summed E-state index contributed by atoms with van der Waals surface area (Å²) in [5.74, 6) is -0.579. The Morgan fingerprint density at radius 1 is 1.21 bits per heavy atom. The number of anilines is 1. The van der Waals surface area contributed by atoms with E-state index in [2.05, 4.69) is 5.32 Å². The number of thiol groups is 1. The Hall–Kier alpha value is -4.76. The lowest BCUT2D eigenvalue weighted by Gasteiger charge is -2.21. The van der Waals surface area contributed by atoms with Crippen molar-refractivity contribution in [2.45, 2.75) is 25.3 Å². The maximum atomic E-state index is 13.6. The van der Waals surface area contributed by atoms with Crippen molar-refractivity contribution in [3.8, 4) is 17.4 Å². The Labute approximate surface area is 223 Å². The minimum absolute atomic E-state index is 0.0649. The molecule has 1 saturated carbocycles. The van der Waals surface area contributed by atoms with Crippen LogP contribution in [0, 0.1) is 27.3 Å². The fourth-order valence-corrected chi connectivity index (χ4v) is 5.21. The minimum atomic E-state index is -3.18. The van der Waals surface area contributed by atoms with Crippen LogP contribution in [0.4, 0.5) is 15.8 Å². The number of nitrogens with zero attached hydrogens (tertiary/aromatic N) is 3. The van der Waals surface area contributed by atoms with Gasteiger partial charge in [0.25, 0.3) is 11.6 Å². The van der Waals surface area contributed by atoms with Crippen LogP contribution in [0.5, 0.6) is 0 Å². The third kappa shape index (κ3) is 4.92. The lowest BCUT2D eigenvalue weighted by atomic mass is 10.00. The molecule has 1 N–H and O–H groups in total. The zero-order chi connectivity index (χ0) is 27.8.